The van der Waals surface area contributed by atoms with Gasteiger partial charge in [0.05, 0.1) is 30.1 Å². The van der Waals surface area contributed by atoms with Crippen LogP contribution in [0.2, 0.25) is 0 Å². The summed E-state index contributed by atoms with van der Waals surface area (Å²) in [5.41, 5.74) is -1.13. The molecule has 2 aliphatic rings. The highest BCUT2D eigenvalue weighted by Gasteiger charge is 2.41. The zero-order valence-electron chi connectivity index (χ0n) is 26.2. The molecule has 230 valence electrons. The van der Waals surface area contributed by atoms with E-state index in [9.17, 15) is 14.4 Å². The fraction of sp³-hybridized carbons (Fsp3) is 0.719. The van der Waals surface area contributed by atoms with Crippen LogP contribution in [0.15, 0.2) is 12.1 Å². The zero-order chi connectivity index (χ0) is 30.8. The summed E-state index contributed by atoms with van der Waals surface area (Å²) in [5.74, 6) is -1.66. The van der Waals surface area contributed by atoms with Crippen LogP contribution in [0.4, 0.5) is 4.39 Å². The summed E-state index contributed by atoms with van der Waals surface area (Å²) in [6.45, 7) is 15.6. The minimum atomic E-state index is -0.631. The van der Waals surface area contributed by atoms with Gasteiger partial charge in [0, 0.05) is 18.2 Å². The van der Waals surface area contributed by atoms with Crippen molar-refractivity contribution in [3.05, 3.63) is 23.5 Å². The summed E-state index contributed by atoms with van der Waals surface area (Å²) in [6, 6.07) is 2.17. The summed E-state index contributed by atoms with van der Waals surface area (Å²) >= 11 is 0. The van der Waals surface area contributed by atoms with Gasteiger partial charge in [-0.05, 0) is 84.6 Å². The third-order valence-corrected chi connectivity index (χ3v) is 8.55. The van der Waals surface area contributed by atoms with Crippen molar-refractivity contribution in [2.24, 2.45) is 16.7 Å². The van der Waals surface area contributed by atoms with Gasteiger partial charge >= 0.3 is 5.97 Å². The third-order valence-electron chi connectivity index (χ3n) is 8.55. The minimum absolute atomic E-state index is 0.0226. The number of rotatable bonds is 8. The molecule has 0 radical (unpaired) electrons. The van der Waals surface area contributed by atoms with Crippen molar-refractivity contribution in [3.8, 4) is 11.5 Å². The Labute approximate surface area is 244 Å². The maximum atomic E-state index is 15.0. The number of esters is 1. The Morgan fingerprint density at radius 3 is 2.20 bits per heavy atom. The van der Waals surface area contributed by atoms with Crippen LogP contribution in [0.3, 0.4) is 0 Å². The lowest BCUT2D eigenvalue weighted by atomic mass is 9.74. The Hall–Kier alpha value is -2.84. The molecule has 2 amide bonds. The predicted octanol–water partition coefficient (Wildman–Crippen LogP) is 5.95. The van der Waals surface area contributed by atoms with Crippen LogP contribution in [-0.4, -0.2) is 48.7 Å². The van der Waals surface area contributed by atoms with E-state index < -0.39 is 22.7 Å². The second-order valence-electron chi connectivity index (χ2n) is 14.1. The normalized spacial score (nSPS) is 25.7. The molecule has 3 atom stereocenters. The van der Waals surface area contributed by atoms with E-state index in [0.29, 0.717) is 38.5 Å². The highest BCUT2D eigenvalue weighted by Crippen LogP contribution is 2.40. The first-order valence-electron chi connectivity index (χ1n) is 14.8. The zero-order valence-corrected chi connectivity index (χ0v) is 26.2. The van der Waals surface area contributed by atoms with Gasteiger partial charge in [0.1, 0.15) is 11.4 Å². The Bertz CT molecular complexity index is 1110. The molecule has 1 aromatic carbocycles. The number of ether oxygens (including phenoxy) is 3. The number of hydrogen-bond acceptors (Lipinski definition) is 6. The highest BCUT2D eigenvalue weighted by molar-refractivity contribution is 5.98. The summed E-state index contributed by atoms with van der Waals surface area (Å²) in [6.07, 6.45) is 4.09. The summed E-state index contributed by atoms with van der Waals surface area (Å²) < 4.78 is 32.0. The van der Waals surface area contributed by atoms with E-state index in [2.05, 4.69) is 31.4 Å². The molecule has 0 aliphatic heterocycles. The average molecular weight is 577 g/mol. The summed E-state index contributed by atoms with van der Waals surface area (Å²) in [4.78, 5) is 39.2. The maximum absolute atomic E-state index is 15.0. The smallest absolute Gasteiger partial charge is 0.312 e. The molecular formula is C32H49FN2O6. The van der Waals surface area contributed by atoms with E-state index in [4.69, 9.17) is 14.2 Å². The van der Waals surface area contributed by atoms with Gasteiger partial charge in [-0.15, -0.1) is 0 Å². The maximum Gasteiger partial charge on any atom is 0.312 e. The number of carbonyl (C=O) groups excluding carboxylic acids is 3. The lowest BCUT2D eigenvalue weighted by Crippen LogP contribution is -2.49. The first-order valence-corrected chi connectivity index (χ1v) is 14.8. The Balaban J connectivity index is 1.69. The molecule has 0 spiro atoms. The molecule has 2 saturated carbocycles. The number of nitrogens with one attached hydrogen (secondary N) is 2. The van der Waals surface area contributed by atoms with E-state index in [0.717, 1.165) is 12.5 Å². The van der Waals surface area contributed by atoms with Crippen molar-refractivity contribution in [2.75, 3.05) is 7.11 Å². The number of hydrogen-bond donors (Lipinski definition) is 2. The number of carbonyl (C=O) groups is 3. The molecule has 9 heteroatoms. The van der Waals surface area contributed by atoms with Crippen LogP contribution in [0.1, 0.15) is 111 Å². The molecule has 0 aromatic heterocycles. The highest BCUT2D eigenvalue weighted by atomic mass is 19.1. The van der Waals surface area contributed by atoms with E-state index in [-0.39, 0.29) is 58.5 Å². The summed E-state index contributed by atoms with van der Waals surface area (Å²) in [5, 5.41) is 6.10. The average Bonchev–Trinajstić information content (AvgIpc) is 3.32. The standard InChI is InChI=1S/C32H49FN2O6/c1-19(30(2,3)4)34-27(36)21-11-10-12-24(21)35-28(37)22-17-26(23(33)18-25(22)39-9)40-20-13-15-32(8,16-14-20)29(38)41-31(5,6)7/h17-21,24H,10-16H2,1-9H3,(H,34,36)(H,35,37)/t19-,20?,21+,24-,32?/m1/s1. The molecule has 2 N–H and O–H groups in total. The van der Waals surface area contributed by atoms with Crippen LogP contribution in [0.5, 0.6) is 11.5 Å². The van der Waals surface area contributed by atoms with Gasteiger partial charge in [0.2, 0.25) is 5.91 Å². The largest absolute Gasteiger partial charge is 0.496 e. The second kappa shape index (κ2) is 12.6. The van der Waals surface area contributed by atoms with Crippen molar-refractivity contribution in [3.63, 3.8) is 0 Å². The second-order valence-corrected chi connectivity index (χ2v) is 14.1. The first-order chi connectivity index (χ1) is 18.9. The molecule has 0 unspecified atom stereocenters. The molecule has 0 saturated heterocycles. The Morgan fingerprint density at radius 1 is 1.00 bits per heavy atom. The van der Waals surface area contributed by atoms with Crippen LogP contribution in [0.25, 0.3) is 0 Å². The number of benzene rings is 1. The lowest BCUT2D eigenvalue weighted by Gasteiger charge is -2.37. The van der Waals surface area contributed by atoms with Crippen LogP contribution in [-0.2, 0) is 14.3 Å². The predicted molar refractivity (Wildman–Crippen MR) is 155 cm³/mol. The van der Waals surface area contributed by atoms with Gasteiger partial charge in [0.15, 0.2) is 11.6 Å². The Morgan fingerprint density at radius 2 is 1.63 bits per heavy atom. The number of amides is 2. The monoisotopic (exact) mass is 576 g/mol. The molecule has 41 heavy (non-hydrogen) atoms. The van der Waals surface area contributed by atoms with Crippen LogP contribution in [0, 0.1) is 22.6 Å². The van der Waals surface area contributed by atoms with Gasteiger partial charge < -0.3 is 24.8 Å². The SMILES string of the molecule is COc1cc(F)c(OC2CCC(C)(C(=O)OC(C)(C)C)CC2)cc1C(=O)N[C@@H]1CCC[C@@H]1C(=O)N[C@H](C)C(C)(C)C. The molecule has 0 bridgehead atoms. The van der Waals surface area contributed by atoms with Crippen molar-refractivity contribution in [1.82, 2.24) is 10.6 Å². The fourth-order valence-electron chi connectivity index (χ4n) is 5.33. The topological polar surface area (TPSA) is 103 Å². The van der Waals surface area contributed by atoms with Crippen LogP contribution >= 0.6 is 0 Å². The Kier molecular flexibility index (Phi) is 10.0. The van der Waals surface area contributed by atoms with Gasteiger partial charge in [-0.3, -0.25) is 14.4 Å². The summed E-state index contributed by atoms with van der Waals surface area (Å²) in [7, 11) is 1.38. The molecular weight excluding hydrogens is 527 g/mol. The third kappa shape index (κ3) is 8.35. The molecule has 2 fully saturated rings. The van der Waals surface area contributed by atoms with Gasteiger partial charge in [-0.25, -0.2) is 4.39 Å². The van der Waals surface area contributed by atoms with E-state index in [1.165, 1.54) is 13.2 Å². The number of halogens is 1. The molecule has 2 aliphatic carbocycles. The van der Waals surface area contributed by atoms with E-state index in [1.54, 1.807) is 0 Å². The molecule has 3 rings (SSSR count). The minimum Gasteiger partial charge on any atom is -0.496 e. The van der Waals surface area contributed by atoms with Gasteiger partial charge in [0.25, 0.3) is 5.91 Å². The molecule has 0 heterocycles. The van der Waals surface area contributed by atoms with Gasteiger partial charge in [-0.2, -0.15) is 0 Å². The van der Waals surface area contributed by atoms with Crippen molar-refractivity contribution >= 4 is 17.8 Å². The van der Waals surface area contributed by atoms with E-state index in [1.807, 2.05) is 34.6 Å². The fourth-order valence-corrected chi connectivity index (χ4v) is 5.33. The number of methoxy groups -OCH3 is 1. The first kappa shape index (κ1) is 32.7. The molecule has 1 aromatic rings. The van der Waals surface area contributed by atoms with Crippen molar-refractivity contribution < 1.29 is 33.0 Å². The van der Waals surface area contributed by atoms with Crippen molar-refractivity contribution in [2.45, 2.75) is 124 Å². The molecule has 8 nitrogen and oxygen atoms in total. The van der Waals surface area contributed by atoms with Gasteiger partial charge in [-0.1, -0.05) is 27.2 Å². The quantitative estimate of drug-likeness (QED) is 0.371. The lowest BCUT2D eigenvalue weighted by molar-refractivity contribution is -0.169. The van der Waals surface area contributed by atoms with E-state index >= 15 is 4.39 Å². The van der Waals surface area contributed by atoms with Crippen LogP contribution < -0.4 is 20.1 Å². The van der Waals surface area contributed by atoms with Crippen molar-refractivity contribution in [1.29, 1.82) is 0 Å².